The van der Waals surface area contributed by atoms with Gasteiger partial charge in [0.15, 0.2) is 0 Å². The second kappa shape index (κ2) is 5.20. The lowest BCUT2D eigenvalue weighted by molar-refractivity contribution is -0.00219. The SMILES string of the molecule is CC(C)(C)c1cn2nc(NC3CCOC(C4CC4)C3)sc2n1. The lowest BCUT2D eigenvalue weighted by Crippen LogP contribution is -2.35. The van der Waals surface area contributed by atoms with Crippen LogP contribution in [0.5, 0.6) is 0 Å². The predicted octanol–water partition coefficient (Wildman–Crippen LogP) is 3.46. The summed E-state index contributed by atoms with van der Waals surface area (Å²) in [6.07, 6.45) is 7.38. The highest BCUT2D eigenvalue weighted by molar-refractivity contribution is 7.20. The molecule has 4 rings (SSSR count). The van der Waals surface area contributed by atoms with Crippen LogP contribution in [0.4, 0.5) is 5.13 Å². The fourth-order valence-corrected chi connectivity index (χ4v) is 3.91. The van der Waals surface area contributed by atoms with Gasteiger partial charge in [-0.1, -0.05) is 32.1 Å². The van der Waals surface area contributed by atoms with Crippen molar-refractivity contribution >= 4 is 21.4 Å². The Hall–Kier alpha value is -1.14. The van der Waals surface area contributed by atoms with Crippen LogP contribution in [0.25, 0.3) is 4.96 Å². The summed E-state index contributed by atoms with van der Waals surface area (Å²) in [5.41, 5.74) is 1.16. The van der Waals surface area contributed by atoms with Crippen molar-refractivity contribution in [3.05, 3.63) is 11.9 Å². The van der Waals surface area contributed by atoms with Gasteiger partial charge in [-0.15, -0.1) is 5.10 Å². The van der Waals surface area contributed by atoms with E-state index in [4.69, 9.17) is 9.72 Å². The molecule has 0 radical (unpaired) electrons. The molecule has 1 saturated carbocycles. The van der Waals surface area contributed by atoms with E-state index in [9.17, 15) is 0 Å². The van der Waals surface area contributed by atoms with Gasteiger partial charge in [-0.2, -0.15) is 0 Å². The number of anilines is 1. The predicted molar refractivity (Wildman–Crippen MR) is 88.7 cm³/mol. The number of fused-ring (bicyclic) bond motifs is 1. The fraction of sp³-hybridized carbons (Fsp3) is 0.750. The largest absolute Gasteiger partial charge is 0.378 e. The van der Waals surface area contributed by atoms with Gasteiger partial charge in [0.25, 0.3) is 0 Å². The van der Waals surface area contributed by atoms with Crippen LogP contribution >= 0.6 is 11.3 Å². The Morgan fingerprint density at radius 3 is 2.82 bits per heavy atom. The number of ether oxygens (including phenoxy) is 1. The van der Waals surface area contributed by atoms with Crippen molar-refractivity contribution < 1.29 is 4.74 Å². The second-order valence-corrected chi connectivity index (χ2v) is 8.58. The van der Waals surface area contributed by atoms with Gasteiger partial charge < -0.3 is 10.1 Å². The number of rotatable bonds is 3. The first-order valence-electron chi connectivity index (χ1n) is 8.24. The molecule has 2 atom stereocenters. The van der Waals surface area contributed by atoms with Gasteiger partial charge in [-0.3, -0.25) is 0 Å². The molecule has 0 bridgehead atoms. The minimum atomic E-state index is 0.0687. The summed E-state index contributed by atoms with van der Waals surface area (Å²) in [7, 11) is 0. The van der Waals surface area contributed by atoms with E-state index in [0.29, 0.717) is 12.1 Å². The van der Waals surface area contributed by atoms with Gasteiger partial charge in [-0.05, 0) is 31.6 Å². The smallest absolute Gasteiger partial charge is 0.214 e. The molecule has 2 aromatic heterocycles. The van der Waals surface area contributed by atoms with Gasteiger partial charge in [0.05, 0.1) is 18.0 Å². The topological polar surface area (TPSA) is 51.5 Å². The van der Waals surface area contributed by atoms with Gasteiger partial charge >= 0.3 is 0 Å². The number of hydrogen-bond acceptors (Lipinski definition) is 5. The molecule has 2 fully saturated rings. The highest BCUT2D eigenvalue weighted by Gasteiger charge is 2.36. The number of nitrogens with zero attached hydrogens (tertiary/aromatic N) is 3. The minimum absolute atomic E-state index is 0.0687. The molecule has 6 heteroatoms. The highest BCUT2D eigenvalue weighted by atomic mass is 32.1. The molecule has 2 unspecified atom stereocenters. The number of nitrogens with one attached hydrogen (secondary N) is 1. The Bertz CT molecular complexity index is 636. The third kappa shape index (κ3) is 2.86. The lowest BCUT2D eigenvalue weighted by Gasteiger charge is -2.30. The zero-order chi connectivity index (χ0) is 15.3. The monoisotopic (exact) mass is 320 g/mol. The van der Waals surface area contributed by atoms with Crippen LogP contribution < -0.4 is 5.32 Å². The van der Waals surface area contributed by atoms with E-state index in [2.05, 4.69) is 31.2 Å². The van der Waals surface area contributed by atoms with E-state index in [1.807, 2.05) is 10.7 Å². The number of aromatic nitrogens is 3. The average molecular weight is 320 g/mol. The zero-order valence-corrected chi connectivity index (χ0v) is 14.3. The van der Waals surface area contributed by atoms with Gasteiger partial charge in [0.1, 0.15) is 0 Å². The fourth-order valence-electron chi connectivity index (χ4n) is 3.05. The Labute approximate surface area is 135 Å². The Morgan fingerprint density at radius 1 is 1.32 bits per heavy atom. The highest BCUT2D eigenvalue weighted by Crippen LogP contribution is 2.38. The summed E-state index contributed by atoms with van der Waals surface area (Å²) in [4.78, 5) is 5.68. The number of hydrogen-bond donors (Lipinski definition) is 1. The Balaban J connectivity index is 1.46. The molecular weight excluding hydrogens is 296 g/mol. The van der Waals surface area contributed by atoms with Crippen LogP contribution in [0.3, 0.4) is 0 Å². The summed E-state index contributed by atoms with van der Waals surface area (Å²) < 4.78 is 7.80. The van der Waals surface area contributed by atoms with Crippen molar-refractivity contribution in [2.75, 3.05) is 11.9 Å². The molecule has 2 aliphatic rings. The first kappa shape index (κ1) is 14.5. The van der Waals surface area contributed by atoms with Gasteiger partial charge in [0, 0.05) is 18.1 Å². The van der Waals surface area contributed by atoms with Crippen molar-refractivity contribution in [3.63, 3.8) is 0 Å². The molecule has 1 aliphatic heterocycles. The summed E-state index contributed by atoms with van der Waals surface area (Å²) in [6.45, 7) is 7.41. The lowest BCUT2D eigenvalue weighted by atomic mass is 9.93. The van der Waals surface area contributed by atoms with E-state index in [1.165, 1.54) is 12.8 Å². The van der Waals surface area contributed by atoms with Gasteiger partial charge in [0.2, 0.25) is 10.1 Å². The van der Waals surface area contributed by atoms with Gasteiger partial charge in [-0.25, -0.2) is 9.50 Å². The van der Waals surface area contributed by atoms with E-state index < -0.39 is 0 Å². The summed E-state index contributed by atoms with van der Waals surface area (Å²) in [6, 6.07) is 0.484. The minimum Gasteiger partial charge on any atom is -0.378 e. The standard InChI is InChI=1S/C16H24N4OS/c1-16(2,3)13-9-20-15(18-13)22-14(19-20)17-11-6-7-21-12(8-11)10-4-5-10/h9-12H,4-8H2,1-3H3,(H,17,19). The molecular formula is C16H24N4OS. The maximum Gasteiger partial charge on any atom is 0.214 e. The summed E-state index contributed by atoms with van der Waals surface area (Å²) in [5, 5.41) is 9.22. The second-order valence-electron chi connectivity index (χ2n) is 7.62. The van der Waals surface area contributed by atoms with E-state index in [1.54, 1.807) is 11.3 Å². The van der Waals surface area contributed by atoms with Crippen molar-refractivity contribution in [2.45, 2.75) is 64.0 Å². The molecule has 1 N–H and O–H groups in total. The van der Waals surface area contributed by atoms with Crippen LogP contribution in [0, 0.1) is 5.92 Å². The molecule has 3 heterocycles. The van der Waals surface area contributed by atoms with Crippen LogP contribution in [0.2, 0.25) is 0 Å². The van der Waals surface area contributed by atoms with Crippen LogP contribution in [0.1, 0.15) is 52.1 Å². The van der Waals surface area contributed by atoms with Crippen molar-refractivity contribution in [3.8, 4) is 0 Å². The number of imidazole rings is 1. The van der Waals surface area contributed by atoms with Crippen LogP contribution in [-0.2, 0) is 10.2 Å². The molecule has 2 aromatic rings. The molecule has 0 spiro atoms. The van der Waals surface area contributed by atoms with Crippen molar-refractivity contribution in [1.82, 2.24) is 14.6 Å². The van der Waals surface area contributed by atoms with Crippen molar-refractivity contribution in [1.29, 1.82) is 0 Å². The molecule has 120 valence electrons. The molecule has 1 aliphatic carbocycles. The first-order valence-corrected chi connectivity index (χ1v) is 9.05. The third-order valence-electron chi connectivity index (χ3n) is 4.60. The quantitative estimate of drug-likeness (QED) is 0.941. The normalized spacial score (nSPS) is 26.5. The van der Waals surface area contributed by atoms with E-state index >= 15 is 0 Å². The summed E-state index contributed by atoms with van der Waals surface area (Å²) in [5.74, 6) is 0.813. The van der Waals surface area contributed by atoms with Crippen molar-refractivity contribution in [2.24, 2.45) is 5.92 Å². The van der Waals surface area contributed by atoms with E-state index in [-0.39, 0.29) is 5.41 Å². The zero-order valence-electron chi connectivity index (χ0n) is 13.5. The maximum absolute atomic E-state index is 5.89. The Morgan fingerprint density at radius 2 is 2.14 bits per heavy atom. The first-order chi connectivity index (χ1) is 10.5. The van der Waals surface area contributed by atoms with E-state index in [0.717, 1.165) is 41.2 Å². The molecule has 1 saturated heterocycles. The molecule has 0 amide bonds. The third-order valence-corrected chi connectivity index (χ3v) is 5.46. The molecule has 5 nitrogen and oxygen atoms in total. The summed E-state index contributed by atoms with van der Waals surface area (Å²) >= 11 is 1.64. The maximum atomic E-state index is 5.89. The molecule has 0 aromatic carbocycles. The Kier molecular flexibility index (Phi) is 3.42. The van der Waals surface area contributed by atoms with Crippen LogP contribution in [0.15, 0.2) is 6.20 Å². The molecule has 22 heavy (non-hydrogen) atoms. The van der Waals surface area contributed by atoms with Crippen LogP contribution in [-0.4, -0.2) is 33.4 Å². The average Bonchev–Trinajstić information content (AvgIpc) is 3.11.